The van der Waals surface area contributed by atoms with Crippen LogP contribution in [-0.4, -0.2) is 48.9 Å². The second-order valence-electron chi connectivity index (χ2n) is 8.35. The number of hydrogen-bond acceptors (Lipinski definition) is 6. The van der Waals surface area contributed by atoms with Gasteiger partial charge in [0.1, 0.15) is 5.65 Å². The predicted molar refractivity (Wildman–Crippen MR) is 120 cm³/mol. The summed E-state index contributed by atoms with van der Waals surface area (Å²) in [6.45, 7) is 2.28. The van der Waals surface area contributed by atoms with E-state index in [0.717, 1.165) is 31.5 Å². The average molecular weight is 474 g/mol. The molecule has 3 unspecified atom stereocenters. The molecule has 8 nitrogen and oxygen atoms in total. The largest absolute Gasteiger partial charge is 0.351 e. The van der Waals surface area contributed by atoms with Gasteiger partial charge in [0, 0.05) is 18.8 Å². The lowest BCUT2D eigenvalue weighted by molar-refractivity contribution is -0.123. The molecule has 1 amide bonds. The predicted octanol–water partition coefficient (Wildman–Crippen LogP) is 1.78. The number of fused-ring (bicyclic) bond motifs is 2. The third-order valence-corrected chi connectivity index (χ3v) is 8.26. The lowest BCUT2D eigenvalue weighted by atomic mass is 9.94. The van der Waals surface area contributed by atoms with Crippen LogP contribution in [0.1, 0.15) is 18.4 Å². The Morgan fingerprint density at radius 2 is 2.03 bits per heavy atom. The second-order valence-corrected chi connectivity index (χ2v) is 10.7. The highest BCUT2D eigenvalue weighted by Gasteiger charge is 2.38. The Hall–Kier alpha value is -2.46. The number of amides is 1. The van der Waals surface area contributed by atoms with Gasteiger partial charge >= 0.3 is 0 Å². The zero-order chi connectivity index (χ0) is 22.3. The van der Waals surface area contributed by atoms with Crippen LogP contribution in [-0.2, 0) is 21.2 Å². The van der Waals surface area contributed by atoms with Gasteiger partial charge < -0.3 is 16.0 Å². The van der Waals surface area contributed by atoms with E-state index in [1.807, 2.05) is 0 Å². The zero-order valence-electron chi connectivity index (χ0n) is 17.3. The van der Waals surface area contributed by atoms with Crippen molar-refractivity contribution >= 4 is 33.0 Å². The molecule has 0 spiro atoms. The summed E-state index contributed by atoms with van der Waals surface area (Å²) >= 11 is 6.02. The minimum atomic E-state index is -3.77. The normalized spacial score (nSPS) is 23.2. The maximum Gasteiger partial charge on any atom is 0.237 e. The van der Waals surface area contributed by atoms with Gasteiger partial charge in [0.2, 0.25) is 15.7 Å². The van der Waals surface area contributed by atoms with Crippen LogP contribution in [0, 0.1) is 5.92 Å². The van der Waals surface area contributed by atoms with Crippen molar-refractivity contribution in [2.24, 2.45) is 5.92 Å². The zero-order valence-corrected chi connectivity index (χ0v) is 18.9. The summed E-state index contributed by atoms with van der Waals surface area (Å²) in [5.41, 5.74) is 1.33. The Kier molecular flexibility index (Phi) is 5.66. The third kappa shape index (κ3) is 4.01. The summed E-state index contributed by atoms with van der Waals surface area (Å²) in [6, 6.07) is 10.1. The Morgan fingerprint density at radius 3 is 2.81 bits per heavy atom. The number of nitrogens with one attached hydrogen (secondary N) is 3. The standard InChI is InChI=1S/C22H24ClN5O3S/c23-16-3-6-20-25-12-21(28(20)13-16)32(30,31)17-4-1-14(2-5-17)10-26-22(29)19-9-15-11-24-8-7-18(15)27-19/h1-6,12-13,15,18-19,24,27H,7-11H2,(H,26,29). The van der Waals surface area contributed by atoms with Crippen molar-refractivity contribution < 1.29 is 13.2 Å². The molecule has 5 rings (SSSR count). The van der Waals surface area contributed by atoms with E-state index in [-0.39, 0.29) is 21.9 Å². The molecular formula is C22H24ClN5O3S. The number of aromatic nitrogens is 2. The summed E-state index contributed by atoms with van der Waals surface area (Å²) in [7, 11) is -3.77. The summed E-state index contributed by atoms with van der Waals surface area (Å²) in [6.07, 6.45) is 4.74. The van der Waals surface area contributed by atoms with Gasteiger partial charge in [-0.1, -0.05) is 23.7 Å². The molecular weight excluding hydrogens is 450 g/mol. The van der Waals surface area contributed by atoms with Crippen LogP contribution < -0.4 is 16.0 Å². The van der Waals surface area contributed by atoms with Gasteiger partial charge in [-0.2, -0.15) is 0 Å². The van der Waals surface area contributed by atoms with E-state index in [0.29, 0.717) is 29.2 Å². The molecule has 2 fully saturated rings. The van der Waals surface area contributed by atoms with Gasteiger partial charge in [-0.05, 0) is 61.7 Å². The molecule has 3 atom stereocenters. The fraction of sp³-hybridized carbons (Fsp3) is 0.364. The molecule has 168 valence electrons. The maximum atomic E-state index is 13.1. The number of hydrogen-bond donors (Lipinski definition) is 3. The van der Waals surface area contributed by atoms with Gasteiger partial charge in [0.15, 0.2) is 5.03 Å². The molecule has 4 heterocycles. The van der Waals surface area contributed by atoms with Gasteiger partial charge in [-0.25, -0.2) is 13.4 Å². The van der Waals surface area contributed by atoms with Crippen molar-refractivity contribution in [3.8, 4) is 0 Å². The number of sulfone groups is 1. The first kappa shape index (κ1) is 21.4. The number of halogens is 1. The van der Waals surface area contributed by atoms with Crippen LogP contribution in [0.25, 0.3) is 5.65 Å². The second kappa shape index (κ2) is 8.47. The van der Waals surface area contributed by atoms with Crippen molar-refractivity contribution in [2.45, 2.75) is 41.4 Å². The van der Waals surface area contributed by atoms with E-state index in [2.05, 4.69) is 20.9 Å². The van der Waals surface area contributed by atoms with Crippen molar-refractivity contribution in [1.29, 1.82) is 0 Å². The number of benzene rings is 1. The van der Waals surface area contributed by atoms with E-state index in [1.54, 1.807) is 36.4 Å². The lowest BCUT2D eigenvalue weighted by Gasteiger charge is -2.25. The van der Waals surface area contributed by atoms with E-state index >= 15 is 0 Å². The number of imidazole rings is 1. The van der Waals surface area contributed by atoms with E-state index < -0.39 is 9.84 Å². The SMILES string of the molecule is O=C(NCc1ccc(S(=O)(=O)c2cnc3ccc(Cl)cn23)cc1)C1CC2CNCCC2N1. The highest BCUT2D eigenvalue weighted by atomic mass is 35.5. The molecule has 3 aromatic rings. The molecule has 10 heteroatoms. The summed E-state index contributed by atoms with van der Waals surface area (Å²) in [5.74, 6) is 0.484. The van der Waals surface area contributed by atoms with E-state index in [4.69, 9.17) is 11.6 Å². The monoisotopic (exact) mass is 473 g/mol. The number of carbonyl (C=O) groups excluding carboxylic acids is 1. The molecule has 0 saturated carbocycles. The van der Waals surface area contributed by atoms with Crippen molar-refractivity contribution in [1.82, 2.24) is 25.3 Å². The molecule has 32 heavy (non-hydrogen) atoms. The average Bonchev–Trinajstić information content (AvgIpc) is 3.42. The molecule has 0 radical (unpaired) electrons. The summed E-state index contributed by atoms with van der Waals surface area (Å²) in [5, 5.41) is 10.3. The minimum Gasteiger partial charge on any atom is -0.351 e. The summed E-state index contributed by atoms with van der Waals surface area (Å²) in [4.78, 5) is 16.9. The minimum absolute atomic E-state index is 0.0151. The topological polar surface area (TPSA) is 105 Å². The summed E-state index contributed by atoms with van der Waals surface area (Å²) < 4.78 is 27.7. The molecule has 2 aliphatic heterocycles. The molecule has 3 N–H and O–H groups in total. The highest BCUT2D eigenvalue weighted by molar-refractivity contribution is 7.91. The number of rotatable bonds is 5. The van der Waals surface area contributed by atoms with Crippen LogP contribution >= 0.6 is 11.6 Å². The number of nitrogens with zero attached hydrogens (tertiary/aromatic N) is 2. The van der Waals surface area contributed by atoms with Gasteiger partial charge in [-0.15, -0.1) is 0 Å². The van der Waals surface area contributed by atoms with Crippen LogP contribution in [0.4, 0.5) is 0 Å². The van der Waals surface area contributed by atoms with Crippen molar-refractivity contribution in [3.63, 3.8) is 0 Å². The molecule has 1 aromatic carbocycles. The van der Waals surface area contributed by atoms with Crippen LogP contribution in [0.2, 0.25) is 5.02 Å². The Morgan fingerprint density at radius 1 is 1.22 bits per heavy atom. The molecule has 2 saturated heterocycles. The molecule has 0 bridgehead atoms. The Balaban J connectivity index is 1.26. The van der Waals surface area contributed by atoms with Gasteiger partial charge in [-0.3, -0.25) is 9.20 Å². The smallest absolute Gasteiger partial charge is 0.237 e. The fourth-order valence-electron chi connectivity index (χ4n) is 4.55. The Labute approximate surface area is 191 Å². The van der Waals surface area contributed by atoms with Crippen LogP contribution in [0.3, 0.4) is 0 Å². The van der Waals surface area contributed by atoms with E-state index in [9.17, 15) is 13.2 Å². The van der Waals surface area contributed by atoms with Gasteiger partial charge in [0.05, 0.1) is 22.2 Å². The number of carbonyl (C=O) groups is 1. The molecule has 2 aromatic heterocycles. The van der Waals surface area contributed by atoms with Crippen molar-refractivity contribution in [2.75, 3.05) is 13.1 Å². The molecule has 0 aliphatic carbocycles. The Bertz CT molecular complexity index is 1240. The first-order chi connectivity index (χ1) is 15.4. The quantitative estimate of drug-likeness (QED) is 0.521. The van der Waals surface area contributed by atoms with E-state index in [1.165, 1.54) is 16.8 Å². The van der Waals surface area contributed by atoms with Gasteiger partial charge in [0.25, 0.3) is 0 Å². The van der Waals surface area contributed by atoms with Crippen LogP contribution in [0.15, 0.2) is 58.7 Å². The fourth-order valence-corrected chi connectivity index (χ4v) is 6.05. The number of piperidine rings is 1. The van der Waals surface area contributed by atoms with Crippen molar-refractivity contribution in [3.05, 3.63) is 59.4 Å². The maximum absolute atomic E-state index is 13.1. The number of pyridine rings is 1. The molecule has 2 aliphatic rings. The lowest BCUT2D eigenvalue weighted by Crippen LogP contribution is -2.45. The third-order valence-electron chi connectivity index (χ3n) is 6.29. The van der Waals surface area contributed by atoms with Crippen LogP contribution in [0.5, 0.6) is 0 Å². The first-order valence-electron chi connectivity index (χ1n) is 10.6. The highest BCUT2D eigenvalue weighted by Crippen LogP contribution is 2.25. The first-order valence-corrected chi connectivity index (χ1v) is 12.5.